The Bertz CT molecular complexity index is 1070. The van der Waals surface area contributed by atoms with Crippen molar-refractivity contribution in [2.24, 2.45) is 0 Å². The van der Waals surface area contributed by atoms with Gasteiger partial charge in [0.1, 0.15) is 0 Å². The SMILES string of the molecule is CCS(=O)(=O)c1ccc2nc(Nc3ccc4c(c3)OCO4)ncc2c1. The zero-order chi connectivity index (χ0) is 17.4. The van der Waals surface area contributed by atoms with Crippen LogP contribution in [0.3, 0.4) is 0 Å². The molecular weight excluding hydrogens is 342 g/mol. The number of hydrogen-bond donors (Lipinski definition) is 1. The van der Waals surface area contributed by atoms with Crippen molar-refractivity contribution in [1.82, 2.24) is 9.97 Å². The first-order valence-electron chi connectivity index (χ1n) is 7.71. The molecule has 0 unspecified atom stereocenters. The first-order chi connectivity index (χ1) is 12.0. The van der Waals surface area contributed by atoms with Crippen LogP contribution in [0.4, 0.5) is 11.6 Å². The van der Waals surface area contributed by atoms with Crippen LogP contribution in [0.5, 0.6) is 11.5 Å². The zero-order valence-corrected chi connectivity index (χ0v) is 14.2. The van der Waals surface area contributed by atoms with Gasteiger partial charge in [-0.1, -0.05) is 6.92 Å². The Morgan fingerprint density at radius 1 is 1.12 bits per heavy atom. The number of anilines is 2. The Morgan fingerprint density at radius 3 is 2.80 bits per heavy atom. The maximum atomic E-state index is 12.0. The van der Waals surface area contributed by atoms with Crippen LogP contribution in [0.25, 0.3) is 10.9 Å². The maximum absolute atomic E-state index is 12.0. The molecule has 0 spiro atoms. The number of fused-ring (bicyclic) bond motifs is 2. The van der Waals surface area contributed by atoms with Crippen molar-refractivity contribution in [2.75, 3.05) is 17.9 Å². The first-order valence-corrected chi connectivity index (χ1v) is 9.36. The molecule has 4 rings (SSSR count). The van der Waals surface area contributed by atoms with Crippen LogP contribution in [-0.2, 0) is 9.84 Å². The summed E-state index contributed by atoms with van der Waals surface area (Å²) in [6.45, 7) is 1.84. The Balaban J connectivity index is 1.64. The summed E-state index contributed by atoms with van der Waals surface area (Å²) in [4.78, 5) is 8.96. The normalized spacial score (nSPS) is 13.2. The van der Waals surface area contributed by atoms with E-state index in [1.54, 1.807) is 31.3 Å². The van der Waals surface area contributed by atoms with Gasteiger partial charge >= 0.3 is 0 Å². The highest BCUT2D eigenvalue weighted by Crippen LogP contribution is 2.34. The second-order valence-electron chi connectivity index (χ2n) is 5.51. The van der Waals surface area contributed by atoms with Gasteiger partial charge in [0.2, 0.25) is 12.7 Å². The lowest BCUT2D eigenvalue weighted by Gasteiger charge is -2.07. The molecule has 0 saturated heterocycles. The third-order valence-electron chi connectivity index (χ3n) is 3.92. The van der Waals surface area contributed by atoms with Crippen LogP contribution in [0.2, 0.25) is 0 Å². The smallest absolute Gasteiger partial charge is 0.231 e. The van der Waals surface area contributed by atoms with Crippen molar-refractivity contribution in [3.05, 3.63) is 42.6 Å². The minimum Gasteiger partial charge on any atom is -0.454 e. The molecular formula is C17H15N3O4S. The van der Waals surface area contributed by atoms with Crippen molar-refractivity contribution >= 4 is 32.4 Å². The van der Waals surface area contributed by atoms with Crippen molar-refractivity contribution in [1.29, 1.82) is 0 Å². The molecule has 128 valence electrons. The average Bonchev–Trinajstić information content (AvgIpc) is 3.09. The van der Waals surface area contributed by atoms with Crippen molar-refractivity contribution in [3.8, 4) is 11.5 Å². The number of benzene rings is 2. The Kier molecular flexibility index (Phi) is 3.69. The minimum absolute atomic E-state index is 0.0586. The van der Waals surface area contributed by atoms with E-state index in [0.717, 1.165) is 5.69 Å². The maximum Gasteiger partial charge on any atom is 0.231 e. The molecule has 0 radical (unpaired) electrons. The quantitative estimate of drug-likeness (QED) is 0.768. The molecule has 7 nitrogen and oxygen atoms in total. The van der Waals surface area contributed by atoms with Crippen LogP contribution in [-0.4, -0.2) is 30.9 Å². The highest BCUT2D eigenvalue weighted by molar-refractivity contribution is 7.91. The molecule has 1 aliphatic heterocycles. The molecule has 2 heterocycles. The van der Waals surface area contributed by atoms with Gasteiger partial charge in [0, 0.05) is 23.3 Å². The standard InChI is InChI=1S/C17H15N3O4S/c1-2-25(21,22)13-4-5-14-11(7-13)9-18-17(20-14)19-12-3-6-15-16(8-12)24-10-23-15/h3-9H,2,10H2,1H3,(H,18,19,20). The summed E-state index contributed by atoms with van der Waals surface area (Å²) < 4.78 is 34.6. The van der Waals surface area contributed by atoms with Gasteiger partial charge in [0.25, 0.3) is 0 Å². The number of ether oxygens (including phenoxy) is 2. The van der Waals surface area contributed by atoms with Gasteiger partial charge in [-0.2, -0.15) is 0 Å². The topological polar surface area (TPSA) is 90.4 Å². The Labute approximate surface area is 144 Å². The molecule has 0 amide bonds. The van der Waals surface area contributed by atoms with Gasteiger partial charge in [0.15, 0.2) is 21.3 Å². The fourth-order valence-electron chi connectivity index (χ4n) is 2.54. The Hall–Kier alpha value is -2.87. The van der Waals surface area contributed by atoms with E-state index in [0.29, 0.717) is 28.4 Å². The van der Waals surface area contributed by atoms with Crippen molar-refractivity contribution in [3.63, 3.8) is 0 Å². The summed E-state index contributed by atoms with van der Waals surface area (Å²) in [6, 6.07) is 10.3. The molecule has 1 aromatic heterocycles. The molecule has 3 aromatic rings. The van der Waals surface area contributed by atoms with E-state index in [4.69, 9.17) is 9.47 Å². The summed E-state index contributed by atoms with van der Waals surface area (Å²) in [5.74, 6) is 1.84. The van der Waals surface area contributed by atoms with E-state index in [9.17, 15) is 8.42 Å². The molecule has 0 aliphatic carbocycles. The van der Waals surface area contributed by atoms with Crippen molar-refractivity contribution in [2.45, 2.75) is 11.8 Å². The third kappa shape index (κ3) is 2.96. The second-order valence-corrected chi connectivity index (χ2v) is 7.79. The highest BCUT2D eigenvalue weighted by atomic mass is 32.2. The van der Waals surface area contributed by atoms with E-state index in [1.807, 2.05) is 18.2 Å². The number of rotatable bonds is 4. The number of nitrogens with zero attached hydrogens (tertiary/aromatic N) is 2. The predicted octanol–water partition coefficient (Wildman–Crippen LogP) is 2.90. The van der Waals surface area contributed by atoms with Crippen LogP contribution in [0, 0.1) is 0 Å². The van der Waals surface area contributed by atoms with Crippen LogP contribution < -0.4 is 14.8 Å². The number of hydrogen-bond acceptors (Lipinski definition) is 7. The largest absolute Gasteiger partial charge is 0.454 e. The predicted molar refractivity (Wildman–Crippen MR) is 93.1 cm³/mol. The molecule has 0 bridgehead atoms. The Morgan fingerprint density at radius 2 is 1.96 bits per heavy atom. The lowest BCUT2D eigenvalue weighted by Crippen LogP contribution is -2.04. The first kappa shape index (κ1) is 15.6. The van der Waals surface area contributed by atoms with Gasteiger partial charge in [-0.3, -0.25) is 0 Å². The fraction of sp³-hybridized carbons (Fsp3) is 0.176. The van der Waals surface area contributed by atoms with E-state index in [-0.39, 0.29) is 17.4 Å². The summed E-state index contributed by atoms with van der Waals surface area (Å²) in [5.41, 5.74) is 1.43. The molecule has 25 heavy (non-hydrogen) atoms. The van der Waals surface area contributed by atoms with Gasteiger partial charge in [-0.25, -0.2) is 18.4 Å². The average molecular weight is 357 g/mol. The van der Waals surface area contributed by atoms with Gasteiger partial charge in [-0.05, 0) is 30.3 Å². The summed E-state index contributed by atoms with van der Waals surface area (Å²) in [6.07, 6.45) is 1.60. The molecule has 1 aliphatic rings. The molecule has 0 fully saturated rings. The molecule has 0 atom stereocenters. The monoisotopic (exact) mass is 357 g/mol. The zero-order valence-electron chi connectivity index (χ0n) is 13.4. The van der Waals surface area contributed by atoms with E-state index in [1.165, 1.54) is 0 Å². The molecule has 2 aromatic carbocycles. The van der Waals surface area contributed by atoms with Crippen LogP contribution in [0.15, 0.2) is 47.5 Å². The number of sulfone groups is 1. The van der Waals surface area contributed by atoms with E-state index < -0.39 is 9.84 Å². The second kappa shape index (κ2) is 5.89. The lowest BCUT2D eigenvalue weighted by molar-refractivity contribution is 0.174. The fourth-order valence-corrected chi connectivity index (χ4v) is 3.45. The summed E-state index contributed by atoms with van der Waals surface area (Å²) >= 11 is 0. The minimum atomic E-state index is -3.25. The van der Waals surface area contributed by atoms with Crippen LogP contribution >= 0.6 is 0 Å². The van der Waals surface area contributed by atoms with Gasteiger partial charge in [0.05, 0.1) is 16.2 Å². The molecule has 8 heteroatoms. The van der Waals surface area contributed by atoms with E-state index in [2.05, 4.69) is 15.3 Å². The molecule has 0 saturated carbocycles. The van der Waals surface area contributed by atoms with Crippen LogP contribution in [0.1, 0.15) is 6.92 Å². The third-order valence-corrected chi connectivity index (χ3v) is 5.65. The number of nitrogens with one attached hydrogen (secondary N) is 1. The number of aromatic nitrogens is 2. The van der Waals surface area contributed by atoms with Gasteiger partial charge < -0.3 is 14.8 Å². The highest BCUT2D eigenvalue weighted by Gasteiger charge is 2.14. The van der Waals surface area contributed by atoms with Gasteiger partial charge in [-0.15, -0.1) is 0 Å². The lowest BCUT2D eigenvalue weighted by atomic mass is 10.2. The van der Waals surface area contributed by atoms with Crippen molar-refractivity contribution < 1.29 is 17.9 Å². The summed E-state index contributed by atoms with van der Waals surface area (Å²) in [5, 5.41) is 3.78. The van der Waals surface area contributed by atoms with E-state index >= 15 is 0 Å². The summed E-state index contributed by atoms with van der Waals surface area (Å²) in [7, 11) is -3.25. The molecule has 1 N–H and O–H groups in total.